The summed E-state index contributed by atoms with van der Waals surface area (Å²) in [5, 5.41) is 10.4. The summed E-state index contributed by atoms with van der Waals surface area (Å²) in [5.74, 6) is 0. The number of anilines is 1. The van der Waals surface area contributed by atoms with Crippen LogP contribution in [0.15, 0.2) is 30.3 Å². The zero-order chi connectivity index (χ0) is 22.6. The van der Waals surface area contributed by atoms with Gasteiger partial charge in [-0.2, -0.15) is 5.10 Å². The van der Waals surface area contributed by atoms with Crippen LogP contribution in [0.5, 0.6) is 0 Å². The quantitative estimate of drug-likeness (QED) is 0.770. The highest BCUT2D eigenvalue weighted by atomic mass is 16.6. The van der Waals surface area contributed by atoms with Crippen LogP contribution in [0.4, 0.5) is 15.3 Å². The summed E-state index contributed by atoms with van der Waals surface area (Å²) in [6.45, 7) is 11.4. The van der Waals surface area contributed by atoms with Gasteiger partial charge in [-0.05, 0) is 71.2 Å². The molecule has 1 fully saturated rings. The molecule has 1 saturated heterocycles. The second-order valence-corrected chi connectivity index (χ2v) is 9.12. The van der Waals surface area contributed by atoms with Crippen molar-refractivity contribution < 1.29 is 14.3 Å². The molecule has 2 N–H and O–H groups in total. The number of aryl methyl sites for hydroxylation is 2. The fourth-order valence-electron chi connectivity index (χ4n) is 3.66. The fourth-order valence-corrected chi connectivity index (χ4v) is 3.66. The molecule has 31 heavy (non-hydrogen) atoms. The number of carbonyl (C=O) groups is 2. The minimum Gasteiger partial charge on any atom is -0.444 e. The van der Waals surface area contributed by atoms with Crippen LogP contribution in [-0.4, -0.2) is 51.5 Å². The zero-order valence-electron chi connectivity index (χ0n) is 19.1. The average Bonchev–Trinajstić information content (AvgIpc) is 2.98. The number of hydrogen-bond acceptors (Lipinski definition) is 4. The number of amides is 3. The third-order valence-corrected chi connectivity index (χ3v) is 5.12. The summed E-state index contributed by atoms with van der Waals surface area (Å²) in [6.07, 6.45) is 0.991. The van der Waals surface area contributed by atoms with Crippen molar-refractivity contribution in [2.45, 2.75) is 65.6 Å². The molecule has 0 spiro atoms. The summed E-state index contributed by atoms with van der Waals surface area (Å²) in [7, 11) is 0. The average molecular weight is 428 g/mol. The molecule has 0 saturated carbocycles. The van der Waals surface area contributed by atoms with E-state index in [-0.39, 0.29) is 12.1 Å². The number of benzene rings is 1. The first-order valence-corrected chi connectivity index (χ1v) is 10.7. The number of rotatable bonds is 4. The van der Waals surface area contributed by atoms with Gasteiger partial charge >= 0.3 is 12.1 Å². The van der Waals surface area contributed by atoms with Gasteiger partial charge in [-0.1, -0.05) is 12.1 Å². The number of ether oxygens (including phenoxy) is 1. The molecule has 0 atom stereocenters. The Bertz CT molecular complexity index is 924. The molecule has 0 aliphatic carbocycles. The number of piperidine rings is 1. The van der Waals surface area contributed by atoms with E-state index in [1.165, 1.54) is 0 Å². The molecule has 0 bridgehead atoms. The highest BCUT2D eigenvalue weighted by molar-refractivity contribution is 5.89. The Labute approximate surface area is 183 Å². The van der Waals surface area contributed by atoms with E-state index in [0.29, 0.717) is 32.5 Å². The van der Waals surface area contributed by atoms with Crippen molar-refractivity contribution >= 4 is 17.8 Å². The molecule has 0 radical (unpaired) electrons. The Morgan fingerprint density at radius 1 is 1.16 bits per heavy atom. The van der Waals surface area contributed by atoms with E-state index in [9.17, 15) is 9.59 Å². The van der Waals surface area contributed by atoms with Crippen LogP contribution in [0.3, 0.4) is 0 Å². The monoisotopic (exact) mass is 427 g/mol. The number of carbonyl (C=O) groups excluding carboxylic acids is 2. The Morgan fingerprint density at radius 2 is 1.87 bits per heavy atom. The molecule has 3 amide bonds. The Hall–Kier alpha value is -3.03. The minimum atomic E-state index is -0.520. The standard InChI is InChI=1S/C23H33N5O3/c1-16-13-17(2)28(26-16)15-18-7-6-8-20(14-18)24-21(29)27-11-9-19(10-12-27)25-22(30)31-23(3,4)5/h6-8,13-14,19H,9-12,15H2,1-5H3,(H,24,29)(H,25,30). The van der Waals surface area contributed by atoms with E-state index in [1.54, 1.807) is 4.90 Å². The predicted molar refractivity (Wildman–Crippen MR) is 120 cm³/mol. The van der Waals surface area contributed by atoms with Crippen molar-refractivity contribution in [3.8, 4) is 0 Å². The van der Waals surface area contributed by atoms with Crippen LogP contribution in [0, 0.1) is 13.8 Å². The zero-order valence-corrected chi connectivity index (χ0v) is 19.1. The highest BCUT2D eigenvalue weighted by Crippen LogP contribution is 2.17. The number of alkyl carbamates (subject to hydrolysis) is 1. The van der Waals surface area contributed by atoms with Crippen molar-refractivity contribution in [1.82, 2.24) is 20.0 Å². The van der Waals surface area contributed by atoms with Crippen LogP contribution in [0.2, 0.25) is 0 Å². The van der Waals surface area contributed by atoms with Crippen molar-refractivity contribution in [3.05, 3.63) is 47.3 Å². The number of hydrogen-bond donors (Lipinski definition) is 2. The molecule has 2 heterocycles. The van der Waals surface area contributed by atoms with Gasteiger partial charge in [0.05, 0.1) is 12.2 Å². The van der Waals surface area contributed by atoms with Crippen LogP contribution >= 0.6 is 0 Å². The molecule has 1 aliphatic heterocycles. The van der Waals surface area contributed by atoms with Crippen LogP contribution < -0.4 is 10.6 Å². The summed E-state index contributed by atoms with van der Waals surface area (Å²) in [4.78, 5) is 26.4. The number of aromatic nitrogens is 2. The molecule has 8 nitrogen and oxygen atoms in total. The van der Waals surface area contributed by atoms with Gasteiger partial charge in [0.15, 0.2) is 0 Å². The third-order valence-electron chi connectivity index (χ3n) is 5.12. The van der Waals surface area contributed by atoms with E-state index < -0.39 is 11.7 Å². The maximum atomic E-state index is 12.7. The SMILES string of the molecule is Cc1cc(C)n(Cc2cccc(NC(=O)N3CCC(NC(=O)OC(C)(C)C)CC3)c2)n1. The van der Waals surface area contributed by atoms with Gasteiger partial charge < -0.3 is 20.3 Å². The molecular weight excluding hydrogens is 394 g/mol. The molecule has 168 valence electrons. The fraction of sp³-hybridized carbons (Fsp3) is 0.522. The summed E-state index contributed by atoms with van der Waals surface area (Å²) < 4.78 is 7.26. The first kappa shape index (κ1) is 22.7. The lowest BCUT2D eigenvalue weighted by Crippen LogP contribution is -2.48. The highest BCUT2D eigenvalue weighted by Gasteiger charge is 2.25. The number of likely N-dealkylation sites (tertiary alicyclic amines) is 1. The summed E-state index contributed by atoms with van der Waals surface area (Å²) >= 11 is 0. The van der Waals surface area contributed by atoms with Crippen molar-refractivity contribution in [3.63, 3.8) is 0 Å². The van der Waals surface area contributed by atoms with Gasteiger partial charge in [0, 0.05) is 30.5 Å². The van der Waals surface area contributed by atoms with Crippen molar-refractivity contribution in [2.24, 2.45) is 0 Å². The Balaban J connectivity index is 1.50. The lowest BCUT2D eigenvalue weighted by atomic mass is 10.1. The maximum absolute atomic E-state index is 12.7. The third kappa shape index (κ3) is 6.73. The summed E-state index contributed by atoms with van der Waals surface area (Å²) in [5.41, 5.74) is 3.41. The smallest absolute Gasteiger partial charge is 0.407 e. The predicted octanol–water partition coefficient (Wildman–Crippen LogP) is 4.07. The van der Waals surface area contributed by atoms with Gasteiger partial charge in [-0.25, -0.2) is 9.59 Å². The van der Waals surface area contributed by atoms with Crippen LogP contribution in [0.25, 0.3) is 0 Å². The molecular formula is C23H33N5O3. The first-order chi connectivity index (χ1) is 14.6. The second-order valence-electron chi connectivity index (χ2n) is 9.12. The van der Waals surface area contributed by atoms with E-state index >= 15 is 0 Å². The number of nitrogens with zero attached hydrogens (tertiary/aromatic N) is 3. The van der Waals surface area contributed by atoms with E-state index in [1.807, 2.05) is 69.6 Å². The van der Waals surface area contributed by atoms with Gasteiger partial charge in [0.25, 0.3) is 0 Å². The molecule has 8 heteroatoms. The molecule has 1 aromatic carbocycles. The van der Waals surface area contributed by atoms with Gasteiger partial charge in [0.1, 0.15) is 5.60 Å². The van der Waals surface area contributed by atoms with Crippen LogP contribution in [-0.2, 0) is 11.3 Å². The molecule has 0 unspecified atom stereocenters. The number of urea groups is 1. The molecule has 1 aromatic heterocycles. The lowest BCUT2D eigenvalue weighted by Gasteiger charge is -2.32. The largest absolute Gasteiger partial charge is 0.444 e. The summed E-state index contributed by atoms with van der Waals surface area (Å²) in [6, 6.07) is 9.77. The topological polar surface area (TPSA) is 88.5 Å². The second kappa shape index (κ2) is 9.41. The number of nitrogens with one attached hydrogen (secondary N) is 2. The van der Waals surface area contributed by atoms with Gasteiger partial charge in [-0.3, -0.25) is 4.68 Å². The van der Waals surface area contributed by atoms with Gasteiger partial charge in [-0.15, -0.1) is 0 Å². The van der Waals surface area contributed by atoms with Crippen molar-refractivity contribution in [1.29, 1.82) is 0 Å². The lowest BCUT2D eigenvalue weighted by molar-refractivity contribution is 0.0486. The van der Waals surface area contributed by atoms with Crippen molar-refractivity contribution in [2.75, 3.05) is 18.4 Å². The first-order valence-electron chi connectivity index (χ1n) is 10.7. The molecule has 3 rings (SSSR count). The maximum Gasteiger partial charge on any atom is 0.407 e. The Morgan fingerprint density at radius 3 is 2.48 bits per heavy atom. The van der Waals surface area contributed by atoms with E-state index in [4.69, 9.17) is 4.74 Å². The van der Waals surface area contributed by atoms with E-state index in [0.717, 1.165) is 22.6 Å². The van der Waals surface area contributed by atoms with E-state index in [2.05, 4.69) is 15.7 Å². The van der Waals surface area contributed by atoms with Gasteiger partial charge in [0.2, 0.25) is 0 Å². The Kier molecular flexibility index (Phi) is 6.87. The van der Waals surface area contributed by atoms with Crippen LogP contribution in [0.1, 0.15) is 50.6 Å². The minimum absolute atomic E-state index is 0.0167. The normalized spacial score (nSPS) is 14.9. The molecule has 1 aliphatic rings. The molecule has 2 aromatic rings.